The van der Waals surface area contributed by atoms with Gasteiger partial charge in [0.2, 0.25) is 5.91 Å². The number of rotatable bonds is 7. The van der Waals surface area contributed by atoms with E-state index in [2.05, 4.69) is 10.3 Å². The fraction of sp³-hybridized carbons (Fsp3) is 0.471. The molecule has 5 heteroatoms. The Kier molecular flexibility index (Phi) is 5.44. The van der Waals surface area contributed by atoms with Crippen LogP contribution in [0.5, 0.6) is 5.75 Å². The van der Waals surface area contributed by atoms with Crippen LogP contribution < -0.4 is 10.1 Å². The minimum absolute atomic E-state index is 0.0973. The summed E-state index contributed by atoms with van der Waals surface area (Å²) in [7, 11) is 0. The predicted octanol–water partition coefficient (Wildman–Crippen LogP) is 2.38. The second kappa shape index (κ2) is 7.31. The molecule has 5 nitrogen and oxygen atoms in total. The zero-order chi connectivity index (χ0) is 16.1. The largest absolute Gasteiger partial charge is 0.493 e. The summed E-state index contributed by atoms with van der Waals surface area (Å²) in [5.41, 5.74) is 1.85. The van der Waals surface area contributed by atoms with Crippen molar-refractivity contribution in [2.75, 3.05) is 6.61 Å². The molecule has 0 bridgehead atoms. The molecule has 2 aromatic rings. The summed E-state index contributed by atoms with van der Waals surface area (Å²) in [6.07, 6.45) is 2.24. The number of benzene rings is 1. The lowest BCUT2D eigenvalue weighted by atomic mass is 10.1. The molecule has 2 rings (SSSR count). The van der Waals surface area contributed by atoms with Gasteiger partial charge in [-0.15, -0.1) is 0 Å². The van der Waals surface area contributed by atoms with E-state index in [0.29, 0.717) is 13.0 Å². The highest BCUT2D eigenvalue weighted by atomic mass is 16.5. The molecule has 0 aliphatic heterocycles. The lowest BCUT2D eigenvalue weighted by Crippen LogP contribution is -2.42. The van der Waals surface area contributed by atoms with Gasteiger partial charge in [0, 0.05) is 17.1 Å². The van der Waals surface area contributed by atoms with Crippen LogP contribution in [-0.2, 0) is 11.2 Å². The predicted molar refractivity (Wildman–Crippen MR) is 87.1 cm³/mol. The molecule has 0 fully saturated rings. The molecule has 1 heterocycles. The number of nitrogens with one attached hydrogen (secondary N) is 2. The number of carbonyl (C=O) groups is 1. The van der Waals surface area contributed by atoms with E-state index in [1.807, 2.05) is 38.2 Å². The Hall–Kier alpha value is -2.01. The van der Waals surface area contributed by atoms with Crippen LogP contribution in [0, 0.1) is 0 Å². The SMILES string of the molecule is CCOc1cccc2[nH]cc(CC(=O)N[C@@H](CC)[C@H](C)O)c12. The van der Waals surface area contributed by atoms with Crippen molar-refractivity contribution in [2.24, 2.45) is 0 Å². The van der Waals surface area contributed by atoms with Crippen molar-refractivity contribution in [1.82, 2.24) is 10.3 Å². The van der Waals surface area contributed by atoms with Crippen LogP contribution in [-0.4, -0.2) is 34.8 Å². The van der Waals surface area contributed by atoms with Gasteiger partial charge in [-0.05, 0) is 38.0 Å². The number of ether oxygens (including phenoxy) is 1. The van der Waals surface area contributed by atoms with Crippen LogP contribution in [0.1, 0.15) is 32.8 Å². The molecular weight excluding hydrogens is 280 g/mol. The van der Waals surface area contributed by atoms with Gasteiger partial charge in [-0.3, -0.25) is 4.79 Å². The standard InChI is InChI=1S/C17H24N2O3/c1-4-13(11(3)20)19-16(21)9-12-10-18-14-7-6-8-15(17(12)14)22-5-2/h6-8,10-11,13,18,20H,4-5,9H2,1-3H3,(H,19,21)/t11-,13-/m0/s1. The van der Waals surface area contributed by atoms with Gasteiger partial charge in [-0.25, -0.2) is 0 Å². The van der Waals surface area contributed by atoms with Crippen molar-refractivity contribution in [1.29, 1.82) is 0 Å². The van der Waals surface area contributed by atoms with Gasteiger partial charge in [0.05, 0.1) is 25.2 Å². The van der Waals surface area contributed by atoms with E-state index >= 15 is 0 Å². The molecular formula is C17H24N2O3. The molecule has 1 amide bonds. The Balaban J connectivity index is 2.19. The molecule has 0 radical (unpaired) electrons. The third kappa shape index (κ3) is 3.60. The number of H-pyrrole nitrogens is 1. The molecule has 0 saturated carbocycles. The number of hydrogen-bond acceptors (Lipinski definition) is 3. The fourth-order valence-electron chi connectivity index (χ4n) is 2.63. The van der Waals surface area contributed by atoms with E-state index in [-0.39, 0.29) is 18.4 Å². The number of aliphatic hydroxyl groups is 1. The summed E-state index contributed by atoms with van der Waals surface area (Å²) in [6.45, 7) is 6.14. The highest BCUT2D eigenvalue weighted by molar-refractivity contribution is 5.93. The molecule has 22 heavy (non-hydrogen) atoms. The number of carbonyl (C=O) groups excluding carboxylic acids is 1. The smallest absolute Gasteiger partial charge is 0.224 e. The number of amides is 1. The lowest BCUT2D eigenvalue weighted by Gasteiger charge is -2.19. The zero-order valence-electron chi connectivity index (χ0n) is 13.3. The maximum atomic E-state index is 12.2. The second-order valence-corrected chi connectivity index (χ2v) is 5.43. The normalized spacial score (nSPS) is 13.8. The van der Waals surface area contributed by atoms with Gasteiger partial charge >= 0.3 is 0 Å². The maximum absolute atomic E-state index is 12.2. The highest BCUT2D eigenvalue weighted by Gasteiger charge is 2.17. The van der Waals surface area contributed by atoms with Crippen molar-refractivity contribution in [3.8, 4) is 5.75 Å². The summed E-state index contributed by atoms with van der Waals surface area (Å²) in [6, 6.07) is 5.58. The van der Waals surface area contributed by atoms with Gasteiger partial charge in [-0.2, -0.15) is 0 Å². The summed E-state index contributed by atoms with van der Waals surface area (Å²) in [4.78, 5) is 15.4. The average Bonchev–Trinajstić information content (AvgIpc) is 2.89. The first-order chi connectivity index (χ1) is 10.6. The molecule has 0 unspecified atom stereocenters. The average molecular weight is 304 g/mol. The van der Waals surface area contributed by atoms with Gasteiger partial charge in [0.25, 0.3) is 0 Å². The molecule has 120 valence electrons. The molecule has 0 aliphatic carbocycles. The minimum atomic E-state index is -0.559. The van der Waals surface area contributed by atoms with Gasteiger partial charge in [0.1, 0.15) is 5.75 Å². The van der Waals surface area contributed by atoms with E-state index in [4.69, 9.17) is 4.74 Å². The van der Waals surface area contributed by atoms with E-state index in [9.17, 15) is 9.90 Å². The molecule has 1 aromatic heterocycles. The molecule has 0 spiro atoms. The van der Waals surface area contributed by atoms with Crippen LogP contribution in [0.2, 0.25) is 0 Å². The van der Waals surface area contributed by atoms with Crippen molar-refractivity contribution >= 4 is 16.8 Å². The molecule has 2 atom stereocenters. The Bertz CT molecular complexity index is 634. The molecule has 0 aliphatic rings. The topological polar surface area (TPSA) is 74.4 Å². The van der Waals surface area contributed by atoms with Crippen molar-refractivity contribution < 1.29 is 14.6 Å². The Labute approximate surface area is 130 Å². The third-order valence-electron chi connectivity index (χ3n) is 3.77. The Morgan fingerprint density at radius 2 is 2.18 bits per heavy atom. The number of hydrogen-bond donors (Lipinski definition) is 3. The Morgan fingerprint density at radius 1 is 1.41 bits per heavy atom. The minimum Gasteiger partial charge on any atom is -0.493 e. The number of aromatic amines is 1. The number of aliphatic hydroxyl groups excluding tert-OH is 1. The van der Waals surface area contributed by atoms with Crippen molar-refractivity contribution in [2.45, 2.75) is 45.8 Å². The van der Waals surface area contributed by atoms with E-state index in [1.165, 1.54) is 0 Å². The first-order valence-electron chi connectivity index (χ1n) is 7.76. The fourth-order valence-corrected chi connectivity index (χ4v) is 2.63. The summed E-state index contributed by atoms with van der Waals surface area (Å²) in [5, 5.41) is 13.5. The third-order valence-corrected chi connectivity index (χ3v) is 3.77. The first kappa shape index (κ1) is 16.4. The lowest BCUT2D eigenvalue weighted by molar-refractivity contribution is -0.121. The quantitative estimate of drug-likeness (QED) is 0.735. The van der Waals surface area contributed by atoms with E-state index in [0.717, 1.165) is 22.2 Å². The summed E-state index contributed by atoms with van der Waals surface area (Å²) in [5.74, 6) is 0.687. The molecule has 3 N–H and O–H groups in total. The molecule has 1 aromatic carbocycles. The van der Waals surface area contributed by atoms with E-state index < -0.39 is 6.10 Å². The summed E-state index contributed by atoms with van der Waals surface area (Å²) >= 11 is 0. The first-order valence-corrected chi connectivity index (χ1v) is 7.76. The van der Waals surface area contributed by atoms with Crippen LogP contribution in [0.3, 0.4) is 0 Å². The second-order valence-electron chi connectivity index (χ2n) is 5.43. The van der Waals surface area contributed by atoms with Crippen molar-refractivity contribution in [3.05, 3.63) is 30.0 Å². The Morgan fingerprint density at radius 3 is 2.82 bits per heavy atom. The van der Waals surface area contributed by atoms with Gasteiger partial charge in [-0.1, -0.05) is 13.0 Å². The zero-order valence-corrected chi connectivity index (χ0v) is 13.3. The summed E-state index contributed by atoms with van der Waals surface area (Å²) < 4.78 is 5.65. The highest BCUT2D eigenvalue weighted by Crippen LogP contribution is 2.29. The van der Waals surface area contributed by atoms with Gasteiger partial charge in [0.15, 0.2) is 0 Å². The number of aromatic nitrogens is 1. The van der Waals surface area contributed by atoms with Crippen LogP contribution in [0.25, 0.3) is 10.9 Å². The maximum Gasteiger partial charge on any atom is 0.224 e. The monoisotopic (exact) mass is 304 g/mol. The van der Waals surface area contributed by atoms with Crippen LogP contribution >= 0.6 is 0 Å². The van der Waals surface area contributed by atoms with Gasteiger partial charge < -0.3 is 20.1 Å². The van der Waals surface area contributed by atoms with Crippen LogP contribution in [0.15, 0.2) is 24.4 Å². The number of fused-ring (bicyclic) bond motifs is 1. The van der Waals surface area contributed by atoms with Crippen LogP contribution in [0.4, 0.5) is 0 Å². The van der Waals surface area contributed by atoms with E-state index in [1.54, 1.807) is 6.92 Å². The van der Waals surface area contributed by atoms with Crippen molar-refractivity contribution in [3.63, 3.8) is 0 Å². The molecule has 0 saturated heterocycles.